The second-order valence-corrected chi connectivity index (χ2v) is 7.29. The first-order valence-electron chi connectivity index (χ1n) is 7.34. The van der Waals surface area contributed by atoms with E-state index in [1.54, 1.807) is 12.1 Å². The number of rotatable bonds is 7. The molecule has 0 aliphatic carbocycles. The van der Waals surface area contributed by atoms with E-state index in [1.165, 1.54) is 0 Å². The van der Waals surface area contributed by atoms with Crippen LogP contribution in [0.25, 0.3) is 0 Å². The zero-order chi connectivity index (χ0) is 16.8. The summed E-state index contributed by atoms with van der Waals surface area (Å²) in [6.07, 6.45) is 0. The van der Waals surface area contributed by atoms with Crippen LogP contribution in [0.2, 0.25) is 0 Å². The van der Waals surface area contributed by atoms with E-state index in [1.807, 2.05) is 24.3 Å². The van der Waals surface area contributed by atoms with E-state index in [0.29, 0.717) is 24.6 Å². The van der Waals surface area contributed by atoms with Gasteiger partial charge in [0.25, 0.3) is 0 Å². The minimum atomic E-state index is 0.225. The Hall–Kier alpha value is -1.08. The lowest BCUT2D eigenvalue weighted by Gasteiger charge is -2.16. The molecule has 0 radical (unpaired) electrons. The van der Waals surface area contributed by atoms with Crippen LogP contribution in [-0.2, 0) is 13.1 Å². The van der Waals surface area contributed by atoms with Crippen LogP contribution < -0.4 is 10.6 Å². The lowest BCUT2D eigenvalue weighted by atomic mass is 10.2. The number of halogens is 2. The highest BCUT2D eigenvalue weighted by atomic mass is 79.9. The van der Waals surface area contributed by atoms with Crippen LogP contribution in [0.3, 0.4) is 0 Å². The van der Waals surface area contributed by atoms with Crippen molar-refractivity contribution in [1.82, 2.24) is 10.6 Å². The number of benzene rings is 2. The van der Waals surface area contributed by atoms with Gasteiger partial charge in [-0.3, -0.25) is 0 Å². The summed E-state index contributed by atoms with van der Waals surface area (Å²) in [4.78, 5) is 0. The van der Waals surface area contributed by atoms with Gasteiger partial charge in [-0.25, -0.2) is 0 Å². The molecule has 0 aliphatic rings. The molecular weight excluding hydrogens is 424 g/mol. The summed E-state index contributed by atoms with van der Waals surface area (Å²) in [7, 11) is 0. The first-order valence-corrected chi connectivity index (χ1v) is 8.93. The summed E-state index contributed by atoms with van der Waals surface area (Å²) in [6.45, 7) is 4.01. The standard InChI is InChI=1S/C17H20Br2N2O2/c1-11(21-10-13-7-15(19)3-5-17(13)23)8-20-9-12-6-14(18)2-4-16(12)22/h2-7,11,20-23H,8-10H2,1H3. The zero-order valence-corrected chi connectivity index (χ0v) is 16.0. The second kappa shape index (κ2) is 8.68. The zero-order valence-electron chi connectivity index (χ0n) is 12.8. The molecule has 2 aromatic rings. The van der Waals surface area contributed by atoms with Crippen molar-refractivity contribution < 1.29 is 10.2 Å². The quantitative estimate of drug-likeness (QED) is 0.524. The molecule has 0 amide bonds. The Bertz CT molecular complexity index is 665. The van der Waals surface area contributed by atoms with Crippen molar-refractivity contribution in [3.63, 3.8) is 0 Å². The predicted molar refractivity (Wildman–Crippen MR) is 99.6 cm³/mol. The van der Waals surface area contributed by atoms with Crippen LogP contribution in [0, 0.1) is 0 Å². The average Bonchev–Trinajstić information content (AvgIpc) is 2.51. The molecule has 0 saturated heterocycles. The molecule has 1 unspecified atom stereocenters. The summed E-state index contributed by atoms with van der Waals surface area (Å²) in [5, 5.41) is 26.3. The SMILES string of the molecule is CC(CNCc1cc(Br)ccc1O)NCc1cc(Br)ccc1O. The molecule has 0 heterocycles. The number of hydrogen-bond acceptors (Lipinski definition) is 4. The van der Waals surface area contributed by atoms with Gasteiger partial charge in [0.15, 0.2) is 0 Å². The van der Waals surface area contributed by atoms with Crippen molar-refractivity contribution in [2.75, 3.05) is 6.54 Å². The largest absolute Gasteiger partial charge is 0.508 e. The molecular formula is C17H20Br2N2O2. The summed E-state index contributed by atoms with van der Waals surface area (Å²) < 4.78 is 1.89. The first-order chi connectivity index (χ1) is 11.0. The summed E-state index contributed by atoms with van der Waals surface area (Å²) in [5.41, 5.74) is 1.71. The van der Waals surface area contributed by atoms with Crippen LogP contribution in [0.4, 0.5) is 0 Å². The van der Waals surface area contributed by atoms with Gasteiger partial charge in [-0.15, -0.1) is 0 Å². The van der Waals surface area contributed by atoms with E-state index in [-0.39, 0.29) is 6.04 Å². The van der Waals surface area contributed by atoms with Crippen molar-refractivity contribution in [1.29, 1.82) is 0 Å². The van der Waals surface area contributed by atoms with E-state index in [0.717, 1.165) is 26.6 Å². The van der Waals surface area contributed by atoms with Crippen LogP contribution in [0.1, 0.15) is 18.1 Å². The van der Waals surface area contributed by atoms with Gasteiger partial charge in [-0.05, 0) is 43.3 Å². The Kier molecular flexibility index (Phi) is 6.89. The highest BCUT2D eigenvalue weighted by molar-refractivity contribution is 9.10. The van der Waals surface area contributed by atoms with Crippen molar-refractivity contribution in [2.24, 2.45) is 0 Å². The Balaban J connectivity index is 1.78. The minimum absolute atomic E-state index is 0.225. The number of aromatic hydroxyl groups is 2. The number of phenolic OH excluding ortho intramolecular Hbond substituents is 2. The summed E-state index contributed by atoms with van der Waals surface area (Å²) in [5.74, 6) is 0.584. The molecule has 0 spiro atoms. The monoisotopic (exact) mass is 442 g/mol. The van der Waals surface area contributed by atoms with Crippen LogP contribution in [0.15, 0.2) is 45.3 Å². The van der Waals surface area contributed by atoms with Gasteiger partial charge in [0.05, 0.1) is 0 Å². The first kappa shape index (κ1) is 18.3. The highest BCUT2D eigenvalue weighted by Crippen LogP contribution is 2.22. The lowest BCUT2D eigenvalue weighted by Crippen LogP contribution is -2.35. The fourth-order valence-corrected chi connectivity index (χ4v) is 2.99. The van der Waals surface area contributed by atoms with E-state index in [9.17, 15) is 10.2 Å². The minimum Gasteiger partial charge on any atom is -0.508 e. The van der Waals surface area contributed by atoms with Gasteiger partial charge < -0.3 is 20.8 Å². The van der Waals surface area contributed by atoms with Gasteiger partial charge in [0, 0.05) is 45.7 Å². The third kappa shape index (κ3) is 5.80. The van der Waals surface area contributed by atoms with Crippen molar-refractivity contribution in [3.05, 3.63) is 56.5 Å². The van der Waals surface area contributed by atoms with Gasteiger partial charge in [0.2, 0.25) is 0 Å². The van der Waals surface area contributed by atoms with E-state index in [4.69, 9.17) is 0 Å². The highest BCUT2D eigenvalue weighted by Gasteiger charge is 2.06. The normalized spacial score (nSPS) is 12.3. The van der Waals surface area contributed by atoms with Gasteiger partial charge >= 0.3 is 0 Å². The fraction of sp³-hybridized carbons (Fsp3) is 0.294. The molecule has 0 saturated carbocycles. The molecule has 2 rings (SSSR count). The molecule has 23 heavy (non-hydrogen) atoms. The molecule has 0 bridgehead atoms. The maximum Gasteiger partial charge on any atom is 0.120 e. The van der Waals surface area contributed by atoms with Crippen LogP contribution in [-0.4, -0.2) is 22.8 Å². The Morgan fingerprint density at radius 3 is 2.00 bits per heavy atom. The van der Waals surface area contributed by atoms with Crippen LogP contribution >= 0.6 is 31.9 Å². The van der Waals surface area contributed by atoms with Crippen molar-refractivity contribution in [2.45, 2.75) is 26.1 Å². The van der Waals surface area contributed by atoms with Gasteiger partial charge in [0.1, 0.15) is 11.5 Å². The molecule has 4 N–H and O–H groups in total. The maximum absolute atomic E-state index is 9.82. The molecule has 1 atom stereocenters. The Labute approximate surface area is 153 Å². The number of phenols is 2. The predicted octanol–water partition coefficient (Wildman–Crippen LogP) is 3.89. The topological polar surface area (TPSA) is 64.5 Å². The smallest absolute Gasteiger partial charge is 0.120 e. The maximum atomic E-state index is 9.82. The molecule has 6 heteroatoms. The summed E-state index contributed by atoms with van der Waals surface area (Å²) >= 11 is 6.81. The van der Waals surface area contributed by atoms with Crippen molar-refractivity contribution in [3.8, 4) is 11.5 Å². The third-order valence-corrected chi connectivity index (χ3v) is 4.48. The van der Waals surface area contributed by atoms with E-state index >= 15 is 0 Å². The van der Waals surface area contributed by atoms with Gasteiger partial charge in [-0.2, -0.15) is 0 Å². The van der Waals surface area contributed by atoms with E-state index in [2.05, 4.69) is 49.4 Å². The number of hydrogen-bond donors (Lipinski definition) is 4. The lowest BCUT2D eigenvalue weighted by molar-refractivity contribution is 0.448. The molecule has 0 aromatic heterocycles. The molecule has 0 aliphatic heterocycles. The number of nitrogens with one attached hydrogen (secondary N) is 2. The third-order valence-electron chi connectivity index (χ3n) is 3.49. The van der Waals surface area contributed by atoms with Crippen LogP contribution in [0.5, 0.6) is 11.5 Å². The fourth-order valence-electron chi connectivity index (χ4n) is 2.17. The van der Waals surface area contributed by atoms with Crippen molar-refractivity contribution >= 4 is 31.9 Å². The average molecular weight is 444 g/mol. The molecule has 124 valence electrons. The van der Waals surface area contributed by atoms with Gasteiger partial charge in [-0.1, -0.05) is 31.9 Å². The molecule has 4 nitrogen and oxygen atoms in total. The Morgan fingerprint density at radius 1 is 0.913 bits per heavy atom. The molecule has 0 fully saturated rings. The summed E-state index contributed by atoms with van der Waals surface area (Å²) in [6, 6.07) is 11.0. The molecule has 2 aromatic carbocycles. The van der Waals surface area contributed by atoms with E-state index < -0.39 is 0 Å². The second-order valence-electron chi connectivity index (χ2n) is 5.46. The Morgan fingerprint density at radius 2 is 1.43 bits per heavy atom.